The van der Waals surface area contributed by atoms with Crippen molar-refractivity contribution in [2.45, 2.75) is 6.92 Å². The summed E-state index contributed by atoms with van der Waals surface area (Å²) in [5.74, 6) is 0.122. The van der Waals surface area contributed by atoms with E-state index in [4.69, 9.17) is 23.7 Å². The van der Waals surface area contributed by atoms with Crippen LogP contribution < -0.4 is 4.74 Å². The Hall–Kier alpha value is -2.45. The number of aromatic nitrogens is 2. The van der Waals surface area contributed by atoms with E-state index in [1.165, 1.54) is 6.26 Å². The molecule has 23 heavy (non-hydrogen) atoms. The molecular formula is C15H18N2O6. The minimum absolute atomic E-state index is 0.0271. The van der Waals surface area contributed by atoms with Crippen LogP contribution in [0.15, 0.2) is 29.0 Å². The number of pyridine rings is 1. The number of carbonyl (C=O) groups is 1. The second kappa shape index (κ2) is 8.86. The third kappa shape index (κ3) is 5.04. The predicted molar refractivity (Wildman–Crippen MR) is 79.1 cm³/mol. The van der Waals surface area contributed by atoms with Crippen molar-refractivity contribution in [3.05, 3.63) is 30.3 Å². The number of hydrogen-bond donors (Lipinski definition) is 1. The second-order valence-corrected chi connectivity index (χ2v) is 4.33. The molecule has 0 fully saturated rings. The maximum absolute atomic E-state index is 11.6. The third-order valence-corrected chi connectivity index (χ3v) is 2.68. The molecule has 0 saturated heterocycles. The van der Waals surface area contributed by atoms with E-state index in [1.54, 1.807) is 25.3 Å². The number of oxazole rings is 1. The molecule has 0 aliphatic carbocycles. The molecule has 124 valence electrons. The minimum Gasteiger partial charge on any atom is -0.475 e. The van der Waals surface area contributed by atoms with Gasteiger partial charge < -0.3 is 23.7 Å². The van der Waals surface area contributed by atoms with E-state index < -0.39 is 5.97 Å². The highest BCUT2D eigenvalue weighted by molar-refractivity contribution is 5.87. The number of hydrogen-bond acceptors (Lipinski definition) is 8. The first-order valence-electron chi connectivity index (χ1n) is 7.15. The predicted octanol–water partition coefficient (Wildman–Crippen LogP) is 1.30. The summed E-state index contributed by atoms with van der Waals surface area (Å²) >= 11 is 0. The second-order valence-electron chi connectivity index (χ2n) is 4.33. The quantitative estimate of drug-likeness (QED) is 0.544. The van der Waals surface area contributed by atoms with Crippen LogP contribution in [0.25, 0.3) is 11.5 Å². The number of ether oxygens (including phenoxy) is 3. The van der Waals surface area contributed by atoms with Crippen LogP contribution >= 0.6 is 0 Å². The van der Waals surface area contributed by atoms with Crippen molar-refractivity contribution < 1.29 is 28.5 Å². The molecule has 2 heterocycles. The number of aliphatic hydroxyl groups excluding tert-OH is 1. The first-order chi connectivity index (χ1) is 11.2. The fraction of sp³-hybridized carbons (Fsp3) is 0.400. The maximum Gasteiger partial charge on any atom is 0.360 e. The smallest absolute Gasteiger partial charge is 0.360 e. The van der Waals surface area contributed by atoms with Gasteiger partial charge in [0.2, 0.25) is 11.8 Å². The summed E-state index contributed by atoms with van der Waals surface area (Å²) in [7, 11) is 0. The Labute approximate surface area is 133 Å². The van der Waals surface area contributed by atoms with Crippen molar-refractivity contribution in [1.82, 2.24) is 9.97 Å². The molecule has 8 heteroatoms. The van der Waals surface area contributed by atoms with Crippen molar-refractivity contribution >= 4 is 5.97 Å². The normalized spacial score (nSPS) is 10.5. The maximum atomic E-state index is 11.6. The van der Waals surface area contributed by atoms with Crippen LogP contribution in [0.1, 0.15) is 17.4 Å². The lowest BCUT2D eigenvalue weighted by atomic mass is 10.2. The summed E-state index contributed by atoms with van der Waals surface area (Å²) in [5, 5.41) is 8.59. The number of rotatable bonds is 9. The average molecular weight is 322 g/mol. The molecule has 1 N–H and O–H groups in total. The fourth-order valence-corrected chi connectivity index (χ4v) is 1.70. The average Bonchev–Trinajstić information content (AvgIpc) is 3.05. The lowest BCUT2D eigenvalue weighted by Crippen LogP contribution is -2.09. The zero-order valence-corrected chi connectivity index (χ0v) is 12.7. The van der Waals surface area contributed by atoms with Gasteiger partial charge in [0, 0.05) is 17.8 Å². The highest BCUT2D eigenvalue weighted by atomic mass is 16.5. The third-order valence-electron chi connectivity index (χ3n) is 2.68. The van der Waals surface area contributed by atoms with Gasteiger partial charge in [-0.1, -0.05) is 0 Å². The summed E-state index contributed by atoms with van der Waals surface area (Å²) in [6.45, 7) is 2.88. The molecule has 2 aromatic rings. The van der Waals surface area contributed by atoms with Crippen LogP contribution in [0.2, 0.25) is 0 Å². The topological polar surface area (TPSA) is 104 Å². The molecule has 0 unspecified atom stereocenters. The van der Waals surface area contributed by atoms with Gasteiger partial charge >= 0.3 is 5.97 Å². The summed E-state index contributed by atoms with van der Waals surface area (Å²) in [6.07, 6.45) is 2.80. The van der Waals surface area contributed by atoms with Crippen LogP contribution in [-0.4, -0.2) is 54.1 Å². The lowest BCUT2D eigenvalue weighted by Gasteiger charge is -2.06. The van der Waals surface area contributed by atoms with Gasteiger partial charge in [-0.15, -0.1) is 0 Å². The molecule has 0 aromatic carbocycles. The largest absolute Gasteiger partial charge is 0.475 e. The Morgan fingerprint density at radius 1 is 1.35 bits per heavy atom. The van der Waals surface area contributed by atoms with Crippen LogP contribution in [0, 0.1) is 0 Å². The van der Waals surface area contributed by atoms with Crippen LogP contribution in [0.4, 0.5) is 0 Å². The van der Waals surface area contributed by atoms with Crippen molar-refractivity contribution in [2.75, 3.05) is 33.0 Å². The van der Waals surface area contributed by atoms with E-state index in [-0.39, 0.29) is 31.4 Å². The van der Waals surface area contributed by atoms with E-state index in [0.717, 1.165) is 0 Å². The van der Waals surface area contributed by atoms with Crippen molar-refractivity contribution in [3.8, 4) is 17.3 Å². The van der Waals surface area contributed by atoms with Crippen LogP contribution in [0.3, 0.4) is 0 Å². The van der Waals surface area contributed by atoms with Gasteiger partial charge in [0.1, 0.15) is 12.9 Å². The van der Waals surface area contributed by atoms with E-state index >= 15 is 0 Å². The van der Waals surface area contributed by atoms with Gasteiger partial charge in [-0.25, -0.2) is 14.8 Å². The van der Waals surface area contributed by atoms with Gasteiger partial charge in [0.05, 0.1) is 26.4 Å². The Balaban J connectivity index is 1.98. The van der Waals surface area contributed by atoms with Gasteiger partial charge in [-0.2, -0.15) is 0 Å². The highest BCUT2D eigenvalue weighted by Crippen LogP contribution is 2.21. The Morgan fingerprint density at radius 3 is 3.00 bits per heavy atom. The number of carbonyl (C=O) groups excluding carboxylic acids is 1. The zero-order valence-electron chi connectivity index (χ0n) is 12.7. The fourth-order valence-electron chi connectivity index (χ4n) is 1.70. The molecule has 0 amide bonds. The molecule has 0 aliphatic rings. The summed E-state index contributed by atoms with van der Waals surface area (Å²) in [5.41, 5.74) is 0.736. The molecule has 0 saturated carbocycles. The van der Waals surface area contributed by atoms with E-state index in [0.29, 0.717) is 24.7 Å². The van der Waals surface area contributed by atoms with Crippen molar-refractivity contribution in [3.63, 3.8) is 0 Å². The molecular weight excluding hydrogens is 304 g/mol. The lowest BCUT2D eigenvalue weighted by molar-refractivity contribution is 0.0519. The highest BCUT2D eigenvalue weighted by Gasteiger charge is 2.14. The molecule has 0 aliphatic heterocycles. The van der Waals surface area contributed by atoms with Gasteiger partial charge in [0.25, 0.3) is 0 Å². The van der Waals surface area contributed by atoms with E-state index in [1.807, 2.05) is 0 Å². The summed E-state index contributed by atoms with van der Waals surface area (Å²) in [6, 6.07) is 3.34. The first kappa shape index (κ1) is 16.9. The first-order valence-corrected chi connectivity index (χ1v) is 7.15. The number of esters is 1. The van der Waals surface area contributed by atoms with E-state index in [9.17, 15) is 4.79 Å². The zero-order chi connectivity index (χ0) is 16.5. The Kier molecular flexibility index (Phi) is 6.52. The van der Waals surface area contributed by atoms with Gasteiger partial charge in [0.15, 0.2) is 5.69 Å². The molecule has 0 radical (unpaired) electrons. The minimum atomic E-state index is -0.533. The standard InChI is InChI=1S/C15H18N2O6/c1-2-21-15(19)12-10-23-14(17-12)11-3-4-16-13(9-11)22-8-7-20-6-5-18/h3-4,9-10,18H,2,5-8H2,1H3. The molecule has 8 nitrogen and oxygen atoms in total. The SMILES string of the molecule is CCOC(=O)c1coc(-c2ccnc(OCCOCCO)c2)n1. The Morgan fingerprint density at radius 2 is 2.22 bits per heavy atom. The molecule has 0 spiro atoms. The van der Waals surface area contributed by atoms with Gasteiger partial charge in [-0.05, 0) is 13.0 Å². The van der Waals surface area contributed by atoms with Gasteiger partial charge in [-0.3, -0.25) is 0 Å². The molecule has 0 atom stereocenters. The van der Waals surface area contributed by atoms with E-state index in [2.05, 4.69) is 9.97 Å². The van der Waals surface area contributed by atoms with Crippen molar-refractivity contribution in [2.24, 2.45) is 0 Å². The number of nitrogens with zero attached hydrogens (tertiary/aromatic N) is 2. The Bertz CT molecular complexity index is 628. The summed E-state index contributed by atoms with van der Waals surface area (Å²) in [4.78, 5) is 19.7. The van der Waals surface area contributed by atoms with Crippen LogP contribution in [0.5, 0.6) is 5.88 Å². The number of aliphatic hydroxyl groups is 1. The monoisotopic (exact) mass is 322 g/mol. The molecule has 2 rings (SSSR count). The van der Waals surface area contributed by atoms with Crippen LogP contribution in [-0.2, 0) is 9.47 Å². The summed E-state index contributed by atoms with van der Waals surface area (Å²) < 4.78 is 20.7. The van der Waals surface area contributed by atoms with Crippen molar-refractivity contribution in [1.29, 1.82) is 0 Å². The molecule has 2 aromatic heterocycles. The molecule has 0 bridgehead atoms.